The summed E-state index contributed by atoms with van der Waals surface area (Å²) < 4.78 is 28.9. The zero-order valence-corrected chi connectivity index (χ0v) is 20.2. The minimum atomic E-state index is -3.59. The SMILES string of the molecule is O=S(=O)(NCCc1ccccc1)c1ccc2c(c1)C1C=CCC1C(c1cccc3ccccc13)N2. The van der Waals surface area contributed by atoms with Crippen LogP contribution in [-0.2, 0) is 16.4 Å². The summed E-state index contributed by atoms with van der Waals surface area (Å²) in [5.74, 6) is 0.534. The molecule has 5 heteroatoms. The number of nitrogens with one attached hydrogen (secondary N) is 2. The lowest BCUT2D eigenvalue weighted by Gasteiger charge is -2.38. The molecule has 0 bridgehead atoms. The van der Waals surface area contributed by atoms with E-state index in [4.69, 9.17) is 0 Å². The van der Waals surface area contributed by atoms with Gasteiger partial charge in [0.1, 0.15) is 0 Å². The highest BCUT2D eigenvalue weighted by Crippen LogP contribution is 2.51. The molecule has 0 spiro atoms. The average Bonchev–Trinajstić information content (AvgIpc) is 3.39. The van der Waals surface area contributed by atoms with Gasteiger partial charge in [-0.05, 0) is 64.4 Å². The summed E-state index contributed by atoms with van der Waals surface area (Å²) in [5, 5.41) is 6.27. The molecule has 4 aromatic rings. The Hall–Kier alpha value is -3.41. The normalized spacial score (nSPS) is 20.9. The third-order valence-electron chi connectivity index (χ3n) is 7.35. The van der Waals surface area contributed by atoms with Crippen LogP contribution in [0.15, 0.2) is 108 Å². The molecule has 2 N–H and O–H groups in total. The Morgan fingerprint density at radius 3 is 2.54 bits per heavy atom. The van der Waals surface area contributed by atoms with Gasteiger partial charge >= 0.3 is 0 Å². The summed E-state index contributed by atoms with van der Waals surface area (Å²) in [6, 6.07) is 30.6. The summed E-state index contributed by atoms with van der Waals surface area (Å²) >= 11 is 0. The lowest BCUT2D eigenvalue weighted by molar-refractivity contribution is 0.427. The van der Waals surface area contributed by atoms with Crippen molar-refractivity contribution < 1.29 is 8.42 Å². The van der Waals surface area contributed by atoms with Crippen LogP contribution in [0.4, 0.5) is 5.69 Å². The number of benzene rings is 4. The van der Waals surface area contributed by atoms with Crippen molar-refractivity contribution in [1.82, 2.24) is 4.72 Å². The van der Waals surface area contributed by atoms with E-state index in [1.807, 2.05) is 42.5 Å². The molecule has 6 rings (SSSR count). The molecular weight excluding hydrogens is 452 g/mol. The second kappa shape index (κ2) is 8.99. The number of hydrogen-bond acceptors (Lipinski definition) is 3. The highest BCUT2D eigenvalue weighted by atomic mass is 32.2. The topological polar surface area (TPSA) is 58.2 Å². The zero-order valence-electron chi connectivity index (χ0n) is 19.4. The summed E-state index contributed by atoms with van der Waals surface area (Å²) in [7, 11) is -3.59. The second-order valence-corrected chi connectivity index (χ2v) is 11.2. The van der Waals surface area contributed by atoms with Crippen LogP contribution in [0, 0.1) is 5.92 Å². The fraction of sp³-hybridized carbons (Fsp3) is 0.200. The third kappa shape index (κ3) is 4.15. The van der Waals surface area contributed by atoms with E-state index in [1.54, 1.807) is 6.07 Å². The van der Waals surface area contributed by atoms with Gasteiger partial charge in [0.05, 0.1) is 10.9 Å². The molecule has 4 aromatic carbocycles. The molecular formula is C30H28N2O2S. The predicted molar refractivity (Wildman–Crippen MR) is 142 cm³/mol. The van der Waals surface area contributed by atoms with Crippen LogP contribution in [0.5, 0.6) is 0 Å². The molecule has 3 unspecified atom stereocenters. The first-order valence-electron chi connectivity index (χ1n) is 12.2. The molecule has 0 fully saturated rings. The Morgan fingerprint density at radius 2 is 1.66 bits per heavy atom. The first-order chi connectivity index (χ1) is 17.1. The van der Waals surface area contributed by atoms with Crippen molar-refractivity contribution in [1.29, 1.82) is 0 Å². The summed E-state index contributed by atoms with van der Waals surface area (Å²) in [4.78, 5) is 0.328. The lowest BCUT2D eigenvalue weighted by Crippen LogP contribution is -2.30. The van der Waals surface area contributed by atoms with Crippen molar-refractivity contribution in [2.75, 3.05) is 11.9 Å². The number of sulfonamides is 1. The van der Waals surface area contributed by atoms with Crippen LogP contribution < -0.4 is 10.0 Å². The zero-order chi connectivity index (χ0) is 23.8. The van der Waals surface area contributed by atoms with Gasteiger partial charge in [-0.2, -0.15) is 0 Å². The highest BCUT2D eigenvalue weighted by molar-refractivity contribution is 7.89. The minimum absolute atomic E-state index is 0.167. The van der Waals surface area contributed by atoms with Crippen molar-refractivity contribution in [2.45, 2.75) is 29.7 Å². The van der Waals surface area contributed by atoms with E-state index in [-0.39, 0.29) is 12.0 Å². The van der Waals surface area contributed by atoms with Gasteiger partial charge in [-0.25, -0.2) is 13.1 Å². The quantitative estimate of drug-likeness (QED) is 0.324. The van der Waals surface area contributed by atoms with E-state index >= 15 is 0 Å². The summed E-state index contributed by atoms with van der Waals surface area (Å²) in [6.45, 7) is 0.372. The van der Waals surface area contributed by atoms with Crippen LogP contribution in [-0.4, -0.2) is 15.0 Å². The largest absolute Gasteiger partial charge is 0.378 e. The maximum Gasteiger partial charge on any atom is 0.240 e. The molecule has 3 atom stereocenters. The minimum Gasteiger partial charge on any atom is -0.378 e. The Labute approximate surface area is 206 Å². The smallest absolute Gasteiger partial charge is 0.240 e. The van der Waals surface area contributed by atoms with Crippen LogP contribution in [0.25, 0.3) is 10.8 Å². The molecule has 0 amide bonds. The van der Waals surface area contributed by atoms with Gasteiger partial charge in [-0.3, -0.25) is 0 Å². The van der Waals surface area contributed by atoms with Crippen LogP contribution in [0.2, 0.25) is 0 Å². The van der Waals surface area contributed by atoms with Crippen LogP contribution >= 0.6 is 0 Å². The second-order valence-electron chi connectivity index (χ2n) is 9.43. The van der Waals surface area contributed by atoms with E-state index in [0.717, 1.165) is 23.2 Å². The molecule has 0 saturated heterocycles. The Balaban J connectivity index is 1.29. The van der Waals surface area contributed by atoms with Gasteiger partial charge in [0.25, 0.3) is 0 Å². The molecule has 1 heterocycles. The monoisotopic (exact) mass is 480 g/mol. The van der Waals surface area contributed by atoms with Gasteiger partial charge in [0.15, 0.2) is 0 Å². The fourth-order valence-corrected chi connectivity index (χ4v) is 6.69. The van der Waals surface area contributed by atoms with Crippen molar-refractivity contribution in [2.24, 2.45) is 5.92 Å². The van der Waals surface area contributed by atoms with E-state index in [9.17, 15) is 8.42 Å². The van der Waals surface area contributed by atoms with E-state index in [0.29, 0.717) is 23.8 Å². The Bertz CT molecular complexity index is 1510. The molecule has 176 valence electrons. The number of hydrogen-bond donors (Lipinski definition) is 2. The highest BCUT2D eigenvalue weighted by Gasteiger charge is 2.39. The standard InChI is InChI=1S/C30H28N2O2S/c33-35(34,31-19-18-21-8-2-1-3-9-21)23-16-17-29-28(20-23)25-13-7-15-27(25)30(32-29)26-14-6-11-22-10-4-5-12-24(22)26/h1-14,16-17,20,25,27,30-32H,15,18-19H2. The van der Waals surface area contributed by atoms with Gasteiger partial charge in [0, 0.05) is 18.2 Å². The molecule has 0 aromatic heterocycles. The van der Waals surface area contributed by atoms with Crippen LogP contribution in [0.3, 0.4) is 0 Å². The first-order valence-corrected chi connectivity index (χ1v) is 13.7. The molecule has 0 saturated carbocycles. The number of anilines is 1. The van der Waals surface area contributed by atoms with Gasteiger partial charge in [-0.15, -0.1) is 0 Å². The van der Waals surface area contributed by atoms with Crippen LogP contribution in [0.1, 0.15) is 35.1 Å². The van der Waals surface area contributed by atoms with Gasteiger partial charge in [-0.1, -0.05) is 84.9 Å². The number of allylic oxidation sites excluding steroid dienone is 2. The number of rotatable bonds is 6. The lowest BCUT2D eigenvalue weighted by atomic mass is 9.76. The van der Waals surface area contributed by atoms with Crippen molar-refractivity contribution in [3.8, 4) is 0 Å². The Kier molecular flexibility index (Phi) is 5.67. The molecule has 4 nitrogen and oxygen atoms in total. The van der Waals surface area contributed by atoms with Crippen molar-refractivity contribution in [3.05, 3.63) is 120 Å². The molecule has 35 heavy (non-hydrogen) atoms. The summed E-state index contributed by atoms with van der Waals surface area (Å²) in [6.07, 6.45) is 6.12. The Morgan fingerprint density at radius 1 is 0.857 bits per heavy atom. The average molecular weight is 481 g/mol. The molecule has 1 aliphatic carbocycles. The first kappa shape index (κ1) is 22.1. The van der Waals surface area contributed by atoms with Gasteiger partial charge in [0.2, 0.25) is 10.0 Å². The fourth-order valence-electron chi connectivity index (χ4n) is 5.63. The van der Waals surface area contributed by atoms with Crippen molar-refractivity contribution >= 4 is 26.5 Å². The molecule has 1 aliphatic heterocycles. The summed E-state index contributed by atoms with van der Waals surface area (Å²) in [5.41, 5.74) is 4.49. The molecule has 0 radical (unpaired) electrons. The predicted octanol–water partition coefficient (Wildman–Crippen LogP) is 6.19. The number of fused-ring (bicyclic) bond motifs is 4. The molecule has 2 aliphatic rings. The maximum absolute atomic E-state index is 13.1. The maximum atomic E-state index is 13.1. The van der Waals surface area contributed by atoms with E-state index in [2.05, 4.69) is 64.7 Å². The van der Waals surface area contributed by atoms with E-state index < -0.39 is 10.0 Å². The van der Waals surface area contributed by atoms with Gasteiger partial charge < -0.3 is 5.32 Å². The van der Waals surface area contributed by atoms with Crippen molar-refractivity contribution in [3.63, 3.8) is 0 Å². The van der Waals surface area contributed by atoms with E-state index in [1.165, 1.54) is 16.3 Å². The third-order valence-corrected chi connectivity index (χ3v) is 8.81.